The van der Waals surface area contributed by atoms with Gasteiger partial charge in [0, 0.05) is 5.69 Å². The number of rotatable bonds is 4. The average molecular weight is 266 g/mol. The van der Waals surface area contributed by atoms with Crippen molar-refractivity contribution in [2.45, 2.75) is 25.4 Å². The van der Waals surface area contributed by atoms with E-state index in [2.05, 4.69) is 0 Å². The summed E-state index contributed by atoms with van der Waals surface area (Å²) in [6.07, 6.45) is 1.62. The second-order valence-corrected chi connectivity index (χ2v) is 5.09. The van der Waals surface area contributed by atoms with E-state index in [1.54, 1.807) is 17.0 Å². The molecule has 1 amide bonds. The van der Waals surface area contributed by atoms with Gasteiger partial charge in [0.2, 0.25) is 0 Å². The smallest absolute Gasteiger partial charge is 0.253 e. The Morgan fingerprint density at radius 3 is 3.00 bits per heavy atom. The topological polar surface area (TPSA) is 55.6 Å². The molecule has 1 heterocycles. The van der Waals surface area contributed by atoms with Gasteiger partial charge < -0.3 is 15.4 Å². The fourth-order valence-electron chi connectivity index (χ4n) is 2.29. The van der Waals surface area contributed by atoms with E-state index in [1.807, 2.05) is 6.92 Å². The molecule has 0 bridgehead atoms. The van der Waals surface area contributed by atoms with Gasteiger partial charge in [-0.3, -0.25) is 4.79 Å². The third-order valence-electron chi connectivity index (χ3n) is 3.37. The lowest BCUT2D eigenvalue weighted by molar-refractivity contribution is -0.137. The van der Waals surface area contributed by atoms with Crippen LogP contribution in [0.1, 0.15) is 19.8 Å². The molecule has 1 unspecified atom stereocenters. The third kappa shape index (κ3) is 3.30. The number of carbonyl (C=O) groups is 1. The Morgan fingerprint density at radius 2 is 2.32 bits per heavy atom. The molecule has 1 aliphatic rings. The van der Waals surface area contributed by atoms with Crippen molar-refractivity contribution in [2.24, 2.45) is 5.73 Å². The van der Waals surface area contributed by atoms with Crippen LogP contribution in [0.5, 0.6) is 0 Å². The molecule has 5 heteroatoms. The molecule has 1 atom stereocenters. The summed E-state index contributed by atoms with van der Waals surface area (Å²) in [4.78, 5) is 13.5. The monoisotopic (exact) mass is 266 g/mol. The number of morpholine rings is 1. The van der Waals surface area contributed by atoms with Gasteiger partial charge in [-0.2, -0.15) is 0 Å². The molecular weight excluding hydrogens is 247 g/mol. The molecule has 1 fully saturated rings. The van der Waals surface area contributed by atoms with E-state index >= 15 is 0 Å². The summed E-state index contributed by atoms with van der Waals surface area (Å²) in [7, 11) is 0. The summed E-state index contributed by atoms with van der Waals surface area (Å²) in [5, 5.41) is 0. The van der Waals surface area contributed by atoms with Crippen molar-refractivity contribution in [3.63, 3.8) is 0 Å². The summed E-state index contributed by atoms with van der Waals surface area (Å²) in [6, 6.07) is 6.06. The standard InChI is InChI=1S/C14H19FN2O2/c1-14(6-3-7-16)10-17(13(18)9-19-14)12-5-2-4-11(15)8-12/h2,4-5,8H,3,6-7,9-10,16H2,1H3. The van der Waals surface area contributed by atoms with Crippen molar-refractivity contribution in [3.05, 3.63) is 30.1 Å². The van der Waals surface area contributed by atoms with Crippen LogP contribution >= 0.6 is 0 Å². The van der Waals surface area contributed by atoms with Gasteiger partial charge >= 0.3 is 0 Å². The number of carbonyl (C=O) groups excluding carboxylic acids is 1. The van der Waals surface area contributed by atoms with E-state index in [0.717, 1.165) is 12.8 Å². The van der Waals surface area contributed by atoms with Crippen LogP contribution in [-0.4, -0.2) is 31.2 Å². The minimum absolute atomic E-state index is 0.0254. The van der Waals surface area contributed by atoms with Crippen molar-refractivity contribution in [1.82, 2.24) is 0 Å². The molecule has 0 aliphatic carbocycles. The molecule has 0 radical (unpaired) electrons. The van der Waals surface area contributed by atoms with Crippen molar-refractivity contribution in [1.29, 1.82) is 0 Å². The summed E-state index contributed by atoms with van der Waals surface area (Å²) >= 11 is 0. The zero-order valence-corrected chi connectivity index (χ0v) is 11.1. The van der Waals surface area contributed by atoms with E-state index in [1.165, 1.54) is 12.1 Å². The average Bonchev–Trinajstić information content (AvgIpc) is 2.40. The SMILES string of the molecule is CC1(CCCN)CN(c2cccc(F)c2)C(=O)CO1. The maximum atomic E-state index is 13.3. The van der Waals surface area contributed by atoms with Crippen LogP contribution in [0.3, 0.4) is 0 Å². The molecule has 2 N–H and O–H groups in total. The van der Waals surface area contributed by atoms with Gasteiger partial charge in [0.25, 0.3) is 5.91 Å². The number of nitrogens with zero attached hydrogens (tertiary/aromatic N) is 1. The third-order valence-corrected chi connectivity index (χ3v) is 3.37. The molecule has 0 saturated carbocycles. The van der Waals surface area contributed by atoms with Crippen molar-refractivity contribution in [2.75, 3.05) is 24.6 Å². The first-order valence-corrected chi connectivity index (χ1v) is 6.44. The van der Waals surface area contributed by atoms with Crippen LogP contribution in [0.2, 0.25) is 0 Å². The second kappa shape index (κ2) is 5.67. The lowest BCUT2D eigenvalue weighted by atomic mass is 9.97. The van der Waals surface area contributed by atoms with Crippen molar-refractivity contribution < 1.29 is 13.9 Å². The fourth-order valence-corrected chi connectivity index (χ4v) is 2.29. The largest absolute Gasteiger partial charge is 0.364 e. The van der Waals surface area contributed by atoms with Gasteiger partial charge in [0.15, 0.2) is 0 Å². The molecule has 1 aliphatic heterocycles. The number of amides is 1. The van der Waals surface area contributed by atoms with Crippen LogP contribution in [0.4, 0.5) is 10.1 Å². The Morgan fingerprint density at radius 1 is 1.53 bits per heavy atom. The first-order chi connectivity index (χ1) is 9.04. The van der Waals surface area contributed by atoms with Crippen LogP contribution in [0, 0.1) is 5.82 Å². The predicted molar refractivity (Wildman–Crippen MR) is 71.4 cm³/mol. The van der Waals surface area contributed by atoms with E-state index in [-0.39, 0.29) is 18.3 Å². The summed E-state index contributed by atoms with van der Waals surface area (Å²) in [6.45, 7) is 3.00. The maximum Gasteiger partial charge on any atom is 0.253 e. The van der Waals surface area contributed by atoms with Crippen molar-refractivity contribution in [3.8, 4) is 0 Å². The van der Waals surface area contributed by atoms with E-state index in [4.69, 9.17) is 10.5 Å². The Labute approximate surface area is 112 Å². The zero-order valence-electron chi connectivity index (χ0n) is 11.1. The number of hydrogen-bond donors (Lipinski definition) is 1. The van der Waals surface area contributed by atoms with Gasteiger partial charge in [0.05, 0.1) is 12.1 Å². The molecule has 19 heavy (non-hydrogen) atoms. The van der Waals surface area contributed by atoms with Gasteiger partial charge in [-0.25, -0.2) is 4.39 Å². The maximum absolute atomic E-state index is 13.3. The number of ether oxygens (including phenoxy) is 1. The Balaban J connectivity index is 2.17. The molecule has 2 rings (SSSR count). The first kappa shape index (κ1) is 14.0. The van der Waals surface area contributed by atoms with E-state index in [9.17, 15) is 9.18 Å². The molecule has 1 saturated heterocycles. The molecule has 104 valence electrons. The zero-order chi connectivity index (χ0) is 13.9. The van der Waals surface area contributed by atoms with Crippen LogP contribution in [0.15, 0.2) is 24.3 Å². The summed E-state index contributed by atoms with van der Waals surface area (Å²) in [5.74, 6) is -0.490. The first-order valence-electron chi connectivity index (χ1n) is 6.44. The normalized spacial score (nSPS) is 23.7. The van der Waals surface area contributed by atoms with Gasteiger partial charge in [-0.05, 0) is 44.5 Å². The van der Waals surface area contributed by atoms with Crippen molar-refractivity contribution >= 4 is 11.6 Å². The molecular formula is C14H19FN2O2. The summed E-state index contributed by atoms with van der Waals surface area (Å²) < 4.78 is 18.9. The minimum atomic E-state index is -0.417. The molecule has 0 aromatic heterocycles. The van der Waals surface area contributed by atoms with E-state index < -0.39 is 5.60 Å². The van der Waals surface area contributed by atoms with Gasteiger partial charge in [-0.15, -0.1) is 0 Å². The highest BCUT2D eigenvalue weighted by molar-refractivity contribution is 5.95. The lowest BCUT2D eigenvalue weighted by Gasteiger charge is -2.40. The van der Waals surface area contributed by atoms with Crippen LogP contribution < -0.4 is 10.6 Å². The number of nitrogens with two attached hydrogens (primary N) is 1. The predicted octanol–water partition coefficient (Wildman–Crippen LogP) is 1.69. The Hall–Kier alpha value is -1.46. The summed E-state index contributed by atoms with van der Waals surface area (Å²) in [5.41, 5.74) is 5.67. The highest BCUT2D eigenvalue weighted by Gasteiger charge is 2.36. The number of anilines is 1. The Bertz CT molecular complexity index is 467. The number of halogens is 1. The quantitative estimate of drug-likeness (QED) is 0.902. The fraction of sp³-hybridized carbons (Fsp3) is 0.500. The van der Waals surface area contributed by atoms with Gasteiger partial charge in [0.1, 0.15) is 12.4 Å². The Kier molecular flexibility index (Phi) is 4.17. The molecule has 1 aromatic rings. The number of hydrogen-bond acceptors (Lipinski definition) is 3. The molecule has 1 aromatic carbocycles. The van der Waals surface area contributed by atoms with E-state index in [0.29, 0.717) is 18.8 Å². The highest BCUT2D eigenvalue weighted by atomic mass is 19.1. The highest BCUT2D eigenvalue weighted by Crippen LogP contribution is 2.27. The second-order valence-electron chi connectivity index (χ2n) is 5.09. The molecule has 0 spiro atoms. The minimum Gasteiger partial charge on any atom is -0.364 e. The molecule has 4 nitrogen and oxygen atoms in total. The van der Waals surface area contributed by atoms with Crippen LogP contribution in [0.25, 0.3) is 0 Å². The number of benzene rings is 1. The van der Waals surface area contributed by atoms with Gasteiger partial charge in [-0.1, -0.05) is 6.07 Å². The van der Waals surface area contributed by atoms with Crippen LogP contribution in [-0.2, 0) is 9.53 Å². The lowest BCUT2D eigenvalue weighted by Crippen LogP contribution is -2.53.